The van der Waals surface area contributed by atoms with Crippen LogP contribution in [0.2, 0.25) is 0 Å². The van der Waals surface area contributed by atoms with Crippen LogP contribution in [0.15, 0.2) is 0 Å². The van der Waals surface area contributed by atoms with Crippen molar-refractivity contribution in [2.75, 3.05) is 47.5 Å². The van der Waals surface area contributed by atoms with E-state index in [2.05, 4.69) is 14.0 Å². The van der Waals surface area contributed by atoms with Crippen LogP contribution < -0.4 is 0 Å². The number of esters is 2. The fraction of sp³-hybridized carbons (Fsp3) is 0.938. The van der Waals surface area contributed by atoms with E-state index in [9.17, 15) is 19.0 Å². The largest absolute Gasteiger partial charge is 0.472 e. The Kier molecular flexibility index (Phi) is 5.58. The molecule has 0 radical (unpaired) electrons. The number of phosphoric acid groups is 1. The van der Waals surface area contributed by atoms with Crippen LogP contribution in [-0.2, 0) is 32.7 Å². The minimum atomic E-state index is -5.54. The molecule has 0 aromatic carbocycles. The Labute approximate surface area is 322 Å². The van der Waals surface area contributed by atoms with Gasteiger partial charge >= 0.3 is 19.8 Å². The van der Waals surface area contributed by atoms with Crippen molar-refractivity contribution < 1.29 is 105 Å². The number of rotatable bonds is 30. The molecule has 0 spiro atoms. The van der Waals surface area contributed by atoms with Gasteiger partial charge in [-0.3, -0.25) is 18.6 Å². The molecule has 1 unspecified atom stereocenters. The minimum absolute atomic E-state index is 0.0155. The lowest BCUT2D eigenvalue weighted by atomic mass is 10.1. The summed E-state index contributed by atoms with van der Waals surface area (Å²) in [4.78, 5) is 37.6. The highest BCUT2D eigenvalue weighted by Crippen LogP contribution is 2.43. The molecule has 2 atom stereocenters. The van der Waals surface area contributed by atoms with Crippen molar-refractivity contribution in [1.29, 1.82) is 0 Å². The van der Waals surface area contributed by atoms with Gasteiger partial charge in [-0.1, -0.05) is 116 Å². The predicted octanol–water partition coefficient (Wildman–Crippen LogP) is 8.12. The quantitative estimate of drug-likeness (QED) is 0.0465. The van der Waals surface area contributed by atoms with Gasteiger partial charge in [0.1, 0.15) is 19.8 Å². The molecule has 0 saturated carbocycles. The zero-order valence-electron chi connectivity index (χ0n) is 68.6. The van der Waals surface area contributed by atoms with Gasteiger partial charge in [0.2, 0.25) is 0 Å². The van der Waals surface area contributed by atoms with Crippen molar-refractivity contribution in [2.24, 2.45) is 0 Å². The van der Waals surface area contributed by atoms with Crippen molar-refractivity contribution >= 4 is 19.8 Å². The first-order chi connectivity index (χ1) is 37.3. The lowest BCUT2D eigenvalue weighted by Crippen LogP contribution is -2.37. The van der Waals surface area contributed by atoms with Crippen LogP contribution in [0.4, 0.5) is 0 Å². The van der Waals surface area contributed by atoms with E-state index < -0.39 is 187 Å². The summed E-state index contributed by atoms with van der Waals surface area (Å²) in [6.07, 6.45) is -103. The van der Waals surface area contributed by atoms with Crippen LogP contribution in [-0.4, -0.2) is 74.9 Å². The van der Waals surface area contributed by atoms with E-state index in [1.165, 1.54) is 21.1 Å². The van der Waals surface area contributed by atoms with Gasteiger partial charge in [-0.2, -0.15) is 0 Å². The summed E-state index contributed by atoms with van der Waals surface area (Å²) >= 11 is 0. The molecule has 42 heavy (non-hydrogen) atoms. The van der Waals surface area contributed by atoms with E-state index in [0.717, 1.165) is 0 Å². The van der Waals surface area contributed by atoms with Crippen LogP contribution in [0.25, 0.3) is 0 Å². The van der Waals surface area contributed by atoms with Crippen molar-refractivity contribution in [3.8, 4) is 0 Å². The smallest absolute Gasteiger partial charge is 0.462 e. The van der Waals surface area contributed by atoms with E-state index in [0.29, 0.717) is 0 Å². The summed E-state index contributed by atoms with van der Waals surface area (Å²) in [5.41, 5.74) is 0. The van der Waals surface area contributed by atoms with E-state index in [1.807, 2.05) is 0 Å². The summed E-state index contributed by atoms with van der Waals surface area (Å²) in [5.74, 6) is -5.85. The first-order valence-corrected chi connectivity index (χ1v) is 12.6. The average molecular weight is 669 g/mol. The van der Waals surface area contributed by atoms with Crippen LogP contribution in [0.5, 0.6) is 0 Å². The Morgan fingerprint density at radius 2 is 1.17 bits per heavy atom. The lowest BCUT2D eigenvalue weighted by Gasteiger charge is -2.24. The maximum atomic E-state index is 13.7. The molecule has 0 rings (SSSR count). The van der Waals surface area contributed by atoms with Crippen molar-refractivity contribution in [2.45, 2.75) is 147 Å². The van der Waals surface area contributed by atoms with E-state index >= 15 is 0 Å². The number of likely N-dealkylation sites (N-methyl/N-ethyl adjacent to an activating group) is 1. The highest BCUT2D eigenvalue weighted by atomic mass is 31.2. The lowest BCUT2D eigenvalue weighted by molar-refractivity contribution is -0.870. The molecule has 10 heteroatoms. The number of ether oxygens (including phenoxy) is 2. The second-order valence-electron chi connectivity index (χ2n) is 7.74. The van der Waals surface area contributed by atoms with Gasteiger partial charge in [0.15, 0.2) is 6.10 Å². The standard InChI is InChI=1S/C32H64NO8P/c1-6-8-10-12-14-16-18-20-22-24-31(34)38-28-30(29-40-42(36,37)39-27-26-33(3,4)5)41-32(35)25-23-21-19-17-15-13-11-9-7-2/h30H,6-29H2,1-5H3/p+1/t30-/m1/s1/i1D3,2D3,6D2,7D2,8D2,9D2,10D2,11D2,12D2,13D2,14D2,15D2,16D2,17D2,18D2,19D2,20D2,21D2,22D2,23D2,24D2,25D2. The molecule has 0 aliphatic heterocycles. The molecule has 0 amide bonds. The molecule has 9 nitrogen and oxygen atoms in total. The molecule has 0 fully saturated rings. The molecule has 0 heterocycles. The topological polar surface area (TPSA) is 108 Å². The summed E-state index contributed by atoms with van der Waals surface area (Å²) < 4.78 is 403. The third-order valence-electron chi connectivity index (χ3n) is 3.44. The number of hydrogen-bond donors (Lipinski definition) is 1. The first kappa shape index (κ1) is 8.87. The summed E-state index contributed by atoms with van der Waals surface area (Å²) in [5, 5.41) is 0. The normalized spacial score (nSPS) is 37.6. The highest BCUT2D eigenvalue weighted by molar-refractivity contribution is 7.47. The molecule has 0 aromatic rings. The van der Waals surface area contributed by atoms with Gasteiger partial charge in [0.05, 0.1) is 27.7 Å². The number of carbonyl (C=O) groups is 2. The maximum absolute atomic E-state index is 13.7. The van der Waals surface area contributed by atoms with Crippen LogP contribution in [0.1, 0.15) is 204 Å². The fourth-order valence-corrected chi connectivity index (χ4v) is 2.49. The Balaban J connectivity index is 7.89. The Morgan fingerprint density at radius 1 is 0.714 bits per heavy atom. The van der Waals surface area contributed by atoms with Crippen molar-refractivity contribution in [1.82, 2.24) is 0 Å². The van der Waals surface area contributed by atoms with Crippen molar-refractivity contribution in [3.05, 3.63) is 0 Å². The summed E-state index contributed by atoms with van der Waals surface area (Å²) in [6.45, 7) is -13.2. The first-order valence-electron chi connectivity index (χ1n) is 34.1. The number of carbonyl (C=O) groups excluding carboxylic acids is 2. The van der Waals surface area contributed by atoms with Crippen LogP contribution in [0.3, 0.4) is 0 Å². The SMILES string of the molecule is [2H]C([2H])([2H])C([2H])([2H])C([2H])([2H])C([2H])([2H])C([2H])([2H])C([2H])([2H])C([2H])([2H])C([2H])([2H])C([2H])([2H])C([2H])([2H])C([2H])([2H])C(=O)OC[C@H](COP(=O)(O)OCC[N+](C)(C)C)OC(=O)C([2H])([2H])C([2H])([2H])C([2H])([2H])C([2H])([2H])C([2H])([2H])C([2H])([2H])C([2H])([2H])C([2H])([2H])C([2H])([2H])C([2H])([2H])C([2H])([2H])[2H]. The second-order valence-corrected chi connectivity index (χ2v) is 9.19. The van der Waals surface area contributed by atoms with E-state index in [4.69, 9.17) is 67.6 Å². The van der Waals surface area contributed by atoms with Gasteiger partial charge in [0, 0.05) is 75.8 Å². The number of nitrogens with zero attached hydrogens (tertiary/aromatic N) is 1. The molecular formula is C32H65NO8P+. The summed E-state index contributed by atoms with van der Waals surface area (Å²) in [7, 11) is -0.953. The fourth-order valence-electron chi connectivity index (χ4n) is 1.75. The van der Waals surface area contributed by atoms with Crippen molar-refractivity contribution in [3.63, 3.8) is 0 Å². The van der Waals surface area contributed by atoms with Gasteiger partial charge in [-0.05, 0) is 12.7 Å². The minimum Gasteiger partial charge on any atom is -0.462 e. The predicted molar refractivity (Wildman–Crippen MR) is 169 cm³/mol. The van der Waals surface area contributed by atoms with Gasteiger partial charge in [0.25, 0.3) is 0 Å². The molecule has 0 saturated heterocycles. The number of hydrogen-bond acceptors (Lipinski definition) is 7. The third-order valence-corrected chi connectivity index (χ3v) is 4.43. The molecule has 0 aliphatic carbocycles. The maximum Gasteiger partial charge on any atom is 0.472 e. The average Bonchev–Trinajstić information content (AvgIpc) is 3.29. The Bertz CT molecular complexity index is 2540. The van der Waals surface area contributed by atoms with Crippen LogP contribution >= 0.6 is 7.82 Å². The van der Waals surface area contributed by atoms with E-state index in [-0.39, 0.29) is 11.0 Å². The molecule has 0 aromatic heterocycles. The monoisotopic (exact) mass is 669 g/mol. The highest BCUT2D eigenvalue weighted by Gasteiger charge is 2.27. The van der Waals surface area contributed by atoms with Crippen LogP contribution in [0, 0.1) is 0 Å². The molecule has 250 valence electrons. The molecule has 0 bridgehead atoms. The zero-order chi connectivity index (χ0) is 72.4. The molecule has 1 N–H and O–H groups in total. The molecular weight excluding hydrogens is 557 g/mol. The van der Waals surface area contributed by atoms with Gasteiger partial charge in [-0.25, -0.2) is 4.57 Å². The number of quaternary nitrogens is 1. The summed E-state index contributed by atoms with van der Waals surface area (Å²) in [6, 6.07) is 0. The third kappa shape index (κ3) is 29.1. The Hall–Kier alpha value is -0.990. The molecule has 0 aliphatic rings. The number of phosphoric ester groups is 1. The Morgan fingerprint density at radius 3 is 1.64 bits per heavy atom. The van der Waals surface area contributed by atoms with Gasteiger partial charge in [-0.15, -0.1) is 0 Å². The zero-order valence-corrected chi connectivity index (χ0v) is 23.5. The second kappa shape index (κ2) is 26.4. The van der Waals surface area contributed by atoms with Gasteiger partial charge < -0.3 is 18.9 Å². The van der Waals surface area contributed by atoms with E-state index in [1.54, 1.807) is 0 Å².